The lowest BCUT2D eigenvalue weighted by Gasteiger charge is -2.00. The van der Waals surface area contributed by atoms with Gasteiger partial charge in [0.05, 0.1) is 13.1 Å². The Balaban J connectivity index is 2.39. The van der Waals surface area contributed by atoms with E-state index in [1.165, 1.54) is 24.3 Å². The minimum Gasteiger partial charge on any atom is -0.508 e. The SMILES string of the molecule is [C-]#[N+]C(=C\c1ccc(O)cc1)/C(=C\c1ccc(O)cc1)[N+]#[C-]. The highest BCUT2D eigenvalue weighted by Gasteiger charge is 2.06. The number of nitrogens with zero attached hydrogens (tertiary/aromatic N) is 2. The van der Waals surface area contributed by atoms with E-state index in [4.69, 9.17) is 13.1 Å². The van der Waals surface area contributed by atoms with Crippen molar-refractivity contribution in [1.82, 2.24) is 0 Å². The van der Waals surface area contributed by atoms with Gasteiger partial charge in [-0.25, -0.2) is 0 Å². The van der Waals surface area contributed by atoms with Gasteiger partial charge in [0.25, 0.3) is 0 Å². The fourth-order valence-corrected chi connectivity index (χ4v) is 1.78. The first kappa shape index (κ1) is 14.9. The van der Waals surface area contributed by atoms with E-state index in [-0.39, 0.29) is 22.9 Å². The smallest absolute Gasteiger partial charge is 0.195 e. The molecular weight excluding hydrogens is 276 g/mol. The zero-order chi connectivity index (χ0) is 15.9. The Morgan fingerprint density at radius 3 is 1.27 bits per heavy atom. The summed E-state index contributed by atoms with van der Waals surface area (Å²) in [5.41, 5.74) is 1.88. The van der Waals surface area contributed by atoms with E-state index in [0.29, 0.717) is 0 Å². The third-order valence-corrected chi connectivity index (χ3v) is 2.90. The van der Waals surface area contributed by atoms with Gasteiger partial charge in [-0.3, -0.25) is 9.69 Å². The zero-order valence-electron chi connectivity index (χ0n) is 11.6. The Hall–Kier alpha value is -3.50. The van der Waals surface area contributed by atoms with Gasteiger partial charge in [-0.1, -0.05) is 36.4 Å². The van der Waals surface area contributed by atoms with Crippen LogP contribution in [0.3, 0.4) is 0 Å². The summed E-state index contributed by atoms with van der Waals surface area (Å²) >= 11 is 0. The zero-order valence-corrected chi connectivity index (χ0v) is 11.6. The second-order valence-corrected chi connectivity index (χ2v) is 4.47. The van der Waals surface area contributed by atoms with Gasteiger partial charge in [0.1, 0.15) is 11.5 Å². The van der Waals surface area contributed by atoms with Crippen molar-refractivity contribution < 1.29 is 10.2 Å². The van der Waals surface area contributed by atoms with Crippen LogP contribution in [0.15, 0.2) is 59.9 Å². The minimum atomic E-state index is 0.145. The summed E-state index contributed by atoms with van der Waals surface area (Å²) in [5.74, 6) is 0.290. The van der Waals surface area contributed by atoms with Gasteiger partial charge in [-0.15, -0.1) is 0 Å². The summed E-state index contributed by atoms with van der Waals surface area (Å²) in [4.78, 5) is 6.82. The van der Waals surface area contributed by atoms with Crippen molar-refractivity contribution in [3.05, 3.63) is 93.9 Å². The molecular formula is C18H12N2O2. The van der Waals surface area contributed by atoms with Crippen LogP contribution in [0.2, 0.25) is 0 Å². The summed E-state index contributed by atoms with van der Waals surface area (Å²) in [6, 6.07) is 12.8. The highest BCUT2D eigenvalue weighted by Crippen LogP contribution is 2.22. The highest BCUT2D eigenvalue weighted by atomic mass is 16.3. The van der Waals surface area contributed by atoms with E-state index in [2.05, 4.69) is 9.69 Å². The molecule has 0 fully saturated rings. The first-order valence-corrected chi connectivity index (χ1v) is 6.39. The summed E-state index contributed by atoms with van der Waals surface area (Å²) in [7, 11) is 0. The average Bonchev–Trinajstić information content (AvgIpc) is 2.54. The maximum atomic E-state index is 9.26. The number of aromatic hydroxyl groups is 2. The molecule has 0 heterocycles. The normalized spacial score (nSPS) is 11.5. The first-order chi connectivity index (χ1) is 10.6. The van der Waals surface area contributed by atoms with Crippen molar-refractivity contribution in [2.24, 2.45) is 0 Å². The quantitative estimate of drug-likeness (QED) is 0.653. The van der Waals surface area contributed by atoms with Crippen LogP contribution in [0.25, 0.3) is 21.8 Å². The molecule has 0 aliphatic rings. The van der Waals surface area contributed by atoms with Gasteiger partial charge in [-0.05, 0) is 35.4 Å². The van der Waals surface area contributed by atoms with Gasteiger partial charge >= 0.3 is 0 Å². The number of rotatable bonds is 3. The lowest BCUT2D eigenvalue weighted by Crippen LogP contribution is -1.82. The summed E-state index contributed by atoms with van der Waals surface area (Å²) < 4.78 is 0. The number of hydrogen-bond acceptors (Lipinski definition) is 2. The van der Waals surface area contributed by atoms with Crippen molar-refractivity contribution in [3.63, 3.8) is 0 Å². The predicted molar refractivity (Wildman–Crippen MR) is 85.4 cm³/mol. The molecule has 4 nitrogen and oxygen atoms in total. The standard InChI is InChI=1S/C18H12N2O2/c1-19-17(11-13-3-7-15(21)8-4-13)18(20-2)12-14-5-9-16(22)10-6-14/h3-12,21-22H/b17-11-,18-12+. The number of phenols is 2. The number of benzene rings is 2. The summed E-state index contributed by atoms with van der Waals surface area (Å²) in [6.07, 6.45) is 3.19. The molecule has 2 N–H and O–H groups in total. The van der Waals surface area contributed by atoms with Crippen molar-refractivity contribution in [3.8, 4) is 11.5 Å². The second-order valence-electron chi connectivity index (χ2n) is 4.47. The molecule has 0 saturated carbocycles. The van der Waals surface area contributed by atoms with Crippen molar-refractivity contribution in [2.45, 2.75) is 0 Å². The lowest BCUT2D eigenvalue weighted by molar-refractivity contribution is 0.474. The molecule has 0 aromatic heterocycles. The molecule has 0 spiro atoms. The molecule has 22 heavy (non-hydrogen) atoms. The maximum Gasteiger partial charge on any atom is 0.195 e. The molecule has 2 aromatic carbocycles. The first-order valence-electron chi connectivity index (χ1n) is 6.39. The van der Waals surface area contributed by atoms with Crippen LogP contribution in [-0.4, -0.2) is 10.2 Å². The highest BCUT2D eigenvalue weighted by molar-refractivity contribution is 5.69. The average molecular weight is 288 g/mol. The number of phenolic OH excluding ortho intramolecular Hbond substituents is 2. The molecule has 0 atom stereocenters. The molecule has 4 heteroatoms. The molecule has 0 aliphatic heterocycles. The Bertz CT molecular complexity index is 731. The minimum absolute atomic E-state index is 0.145. The Labute approximate surface area is 128 Å². The Morgan fingerprint density at radius 2 is 1.00 bits per heavy atom. The molecule has 0 bridgehead atoms. The van der Waals surface area contributed by atoms with Crippen LogP contribution in [0.4, 0.5) is 0 Å². The van der Waals surface area contributed by atoms with Gasteiger partial charge in [-0.2, -0.15) is 0 Å². The van der Waals surface area contributed by atoms with Crippen molar-refractivity contribution >= 4 is 12.2 Å². The summed E-state index contributed by atoms with van der Waals surface area (Å²) in [5, 5.41) is 18.5. The largest absolute Gasteiger partial charge is 0.508 e. The molecule has 0 amide bonds. The van der Waals surface area contributed by atoms with E-state index < -0.39 is 0 Å². The third kappa shape index (κ3) is 3.75. The molecule has 106 valence electrons. The van der Waals surface area contributed by atoms with Crippen LogP contribution < -0.4 is 0 Å². The van der Waals surface area contributed by atoms with Gasteiger partial charge in [0, 0.05) is 0 Å². The second kappa shape index (κ2) is 6.78. The Morgan fingerprint density at radius 1 is 0.682 bits per heavy atom. The molecule has 2 rings (SSSR count). The monoisotopic (exact) mass is 288 g/mol. The Kier molecular flexibility index (Phi) is 4.59. The van der Waals surface area contributed by atoms with E-state index in [9.17, 15) is 10.2 Å². The van der Waals surface area contributed by atoms with Gasteiger partial charge in [0.15, 0.2) is 11.4 Å². The van der Waals surface area contributed by atoms with Crippen LogP contribution >= 0.6 is 0 Å². The molecule has 2 aromatic rings. The van der Waals surface area contributed by atoms with Crippen LogP contribution in [0, 0.1) is 13.1 Å². The summed E-state index contributed by atoms with van der Waals surface area (Å²) in [6.45, 7) is 14.5. The fraction of sp³-hybridized carbons (Fsp3) is 0. The van der Waals surface area contributed by atoms with Crippen molar-refractivity contribution in [1.29, 1.82) is 0 Å². The van der Waals surface area contributed by atoms with E-state index in [1.807, 2.05) is 0 Å². The fourth-order valence-electron chi connectivity index (χ4n) is 1.78. The maximum absolute atomic E-state index is 9.26. The topological polar surface area (TPSA) is 49.2 Å². The molecule has 0 unspecified atom stereocenters. The lowest BCUT2D eigenvalue weighted by atomic mass is 10.1. The van der Waals surface area contributed by atoms with Crippen LogP contribution in [0.5, 0.6) is 11.5 Å². The van der Waals surface area contributed by atoms with E-state index in [1.54, 1.807) is 36.4 Å². The van der Waals surface area contributed by atoms with Crippen LogP contribution in [0.1, 0.15) is 11.1 Å². The van der Waals surface area contributed by atoms with E-state index >= 15 is 0 Å². The third-order valence-electron chi connectivity index (χ3n) is 2.90. The molecule has 0 aliphatic carbocycles. The van der Waals surface area contributed by atoms with Gasteiger partial charge < -0.3 is 10.2 Å². The predicted octanol–water partition coefficient (Wildman–Crippen LogP) is 4.32. The van der Waals surface area contributed by atoms with Gasteiger partial charge in [0.2, 0.25) is 0 Å². The molecule has 0 radical (unpaired) electrons. The molecule has 0 saturated heterocycles. The number of hydrogen-bond donors (Lipinski definition) is 2. The van der Waals surface area contributed by atoms with Crippen LogP contribution in [-0.2, 0) is 0 Å². The van der Waals surface area contributed by atoms with Crippen molar-refractivity contribution in [2.75, 3.05) is 0 Å². The van der Waals surface area contributed by atoms with E-state index in [0.717, 1.165) is 11.1 Å².